The van der Waals surface area contributed by atoms with E-state index in [0.29, 0.717) is 0 Å². The standard InChI is InChI=1S/C25H23NO2.ClHO4/c1-4-18-7-5-6-8-22(18)26-23-16-25(19-10-12-20(27-3)13-11-19)28-24-14-9-17(2)15-21(23)24;2-1(3,4)5/h5-16H,4H2,1-3H3;(H,2,3,4,5). The first-order valence-corrected chi connectivity index (χ1v) is 11.4. The van der Waals surface area contributed by atoms with Crippen molar-refractivity contribution >= 4 is 16.7 Å². The Morgan fingerprint density at radius 3 is 2.27 bits per heavy atom. The van der Waals surface area contributed by atoms with E-state index in [0.717, 1.165) is 45.5 Å². The summed E-state index contributed by atoms with van der Waals surface area (Å²) in [6.07, 6.45) is 0.944. The summed E-state index contributed by atoms with van der Waals surface area (Å²) in [4.78, 5) is 5.02. The van der Waals surface area contributed by atoms with Crippen LogP contribution in [-0.4, -0.2) is 11.8 Å². The Bertz CT molecular complexity index is 1290. The molecule has 1 aromatic heterocycles. The highest BCUT2D eigenvalue weighted by Crippen LogP contribution is 2.26. The zero-order valence-corrected chi connectivity index (χ0v) is 19.2. The van der Waals surface area contributed by atoms with Crippen molar-refractivity contribution in [2.24, 2.45) is 4.99 Å². The number of benzene rings is 3. The van der Waals surface area contributed by atoms with E-state index < -0.39 is 10.2 Å². The summed E-state index contributed by atoms with van der Waals surface area (Å²) in [5, 5.41) is 1.93. The minimum absolute atomic E-state index is 0.784. The molecule has 172 valence electrons. The van der Waals surface area contributed by atoms with Crippen molar-refractivity contribution in [3.05, 3.63) is 89.3 Å². The Morgan fingerprint density at radius 2 is 1.64 bits per heavy atom. The first kappa shape index (κ1) is 24.4. The molecule has 0 aliphatic heterocycles. The Hall–Kier alpha value is -3.20. The van der Waals surface area contributed by atoms with Crippen LogP contribution in [0.25, 0.3) is 22.3 Å². The van der Waals surface area contributed by atoms with Crippen molar-refractivity contribution in [2.75, 3.05) is 7.11 Å². The lowest BCUT2D eigenvalue weighted by Gasteiger charge is -2.08. The third-order valence-electron chi connectivity index (χ3n) is 4.89. The van der Waals surface area contributed by atoms with E-state index >= 15 is 0 Å². The van der Waals surface area contributed by atoms with Crippen LogP contribution in [0.15, 0.2) is 82.2 Å². The van der Waals surface area contributed by atoms with Crippen molar-refractivity contribution in [1.82, 2.24) is 0 Å². The van der Waals surface area contributed by atoms with Gasteiger partial charge in [0.05, 0.1) is 33.1 Å². The first-order chi connectivity index (χ1) is 15.7. The number of hydrogen-bond acceptors (Lipinski definition) is 7. The molecule has 0 bridgehead atoms. The van der Waals surface area contributed by atoms with Gasteiger partial charge in [0.25, 0.3) is 0 Å². The van der Waals surface area contributed by atoms with Gasteiger partial charge in [0.15, 0.2) is 0 Å². The summed E-state index contributed by atoms with van der Waals surface area (Å²) in [6.45, 7) is 4.24. The van der Waals surface area contributed by atoms with Gasteiger partial charge >= 0.3 is 0 Å². The summed E-state index contributed by atoms with van der Waals surface area (Å²) in [6, 6.07) is 24.4. The van der Waals surface area contributed by atoms with Crippen LogP contribution in [0.2, 0.25) is 0 Å². The molecule has 0 aliphatic rings. The normalized spacial score (nSPS) is 11.8. The van der Waals surface area contributed by atoms with Gasteiger partial charge in [-0.2, -0.15) is 14.0 Å². The number of fused-ring (bicyclic) bond motifs is 1. The van der Waals surface area contributed by atoms with Gasteiger partial charge in [0, 0.05) is 17.0 Å². The molecule has 1 heterocycles. The maximum absolute atomic E-state index is 8.60. The van der Waals surface area contributed by atoms with Crippen LogP contribution in [0, 0.1) is 17.2 Å². The van der Waals surface area contributed by atoms with Crippen LogP contribution in [0.5, 0.6) is 5.75 Å². The zero-order valence-electron chi connectivity index (χ0n) is 18.4. The van der Waals surface area contributed by atoms with E-state index in [9.17, 15) is 0 Å². The van der Waals surface area contributed by atoms with E-state index in [1.165, 1.54) is 11.1 Å². The predicted molar refractivity (Wildman–Crippen MR) is 116 cm³/mol. The molecule has 3 aromatic carbocycles. The van der Waals surface area contributed by atoms with Crippen LogP contribution in [0.4, 0.5) is 5.69 Å². The lowest BCUT2D eigenvalue weighted by atomic mass is 10.1. The number of methoxy groups -OCH3 is 1. The highest BCUT2D eigenvalue weighted by atomic mass is 35.7. The number of para-hydroxylation sites is 1. The lowest BCUT2D eigenvalue weighted by Crippen LogP contribution is -2.58. The highest BCUT2D eigenvalue weighted by molar-refractivity contribution is 5.79. The molecule has 0 fully saturated rings. The maximum Gasteiger partial charge on any atom is 0.136 e. The smallest absolute Gasteiger partial charge is 0.136 e. The Balaban J connectivity index is 0.000000555. The summed E-state index contributed by atoms with van der Waals surface area (Å²) in [5.74, 6) is 1.61. The fraction of sp³-hybridized carbons (Fsp3) is 0.160. The largest absolute Gasteiger partial charge is 0.497 e. The van der Waals surface area contributed by atoms with Gasteiger partial charge in [-0.05, 0) is 61.4 Å². The highest BCUT2D eigenvalue weighted by Gasteiger charge is 2.08. The van der Waals surface area contributed by atoms with E-state index in [-0.39, 0.29) is 0 Å². The second-order valence-electron chi connectivity index (χ2n) is 7.21. The van der Waals surface area contributed by atoms with Crippen LogP contribution in [0.1, 0.15) is 18.1 Å². The molecule has 4 rings (SSSR count). The maximum atomic E-state index is 8.60. The Kier molecular flexibility index (Phi) is 7.86. The Morgan fingerprint density at radius 1 is 0.970 bits per heavy atom. The third kappa shape index (κ3) is 6.89. The van der Waals surface area contributed by atoms with Gasteiger partial charge in [-0.3, -0.25) is 0 Å². The average Bonchev–Trinajstić information content (AvgIpc) is 2.78. The number of hydrogen-bond donors (Lipinski definition) is 1. The lowest BCUT2D eigenvalue weighted by molar-refractivity contribution is -1.92. The van der Waals surface area contributed by atoms with Crippen molar-refractivity contribution in [2.45, 2.75) is 20.3 Å². The fourth-order valence-electron chi connectivity index (χ4n) is 3.32. The second kappa shape index (κ2) is 10.6. The minimum atomic E-state index is -4.69. The molecular weight excluding hydrogens is 446 g/mol. The van der Waals surface area contributed by atoms with E-state index in [1.54, 1.807) is 7.11 Å². The van der Waals surface area contributed by atoms with Crippen LogP contribution in [0.3, 0.4) is 0 Å². The molecule has 0 atom stereocenters. The molecule has 4 aromatic rings. The summed E-state index contributed by atoms with van der Waals surface area (Å²) >= 11 is 0. The van der Waals surface area contributed by atoms with Crippen molar-refractivity contribution in [3.8, 4) is 17.1 Å². The molecule has 0 saturated carbocycles. The topological polar surface area (TPSA) is 124 Å². The average molecular weight is 470 g/mol. The van der Waals surface area contributed by atoms with Gasteiger partial charge in [-0.15, -0.1) is 0 Å². The van der Waals surface area contributed by atoms with Gasteiger partial charge in [0.1, 0.15) is 17.1 Å². The van der Waals surface area contributed by atoms with Crippen LogP contribution in [-0.2, 0) is 6.42 Å². The fourth-order valence-corrected chi connectivity index (χ4v) is 3.32. The molecule has 8 heteroatoms. The van der Waals surface area contributed by atoms with Crippen molar-refractivity contribution in [3.63, 3.8) is 0 Å². The molecule has 0 unspecified atom stereocenters. The van der Waals surface area contributed by atoms with Crippen molar-refractivity contribution < 1.29 is 38.0 Å². The Labute approximate surface area is 193 Å². The van der Waals surface area contributed by atoms with Crippen molar-refractivity contribution in [1.29, 1.82) is 0 Å². The monoisotopic (exact) mass is 469 g/mol. The molecule has 1 N–H and O–H groups in total. The summed E-state index contributed by atoms with van der Waals surface area (Å²) < 4.78 is 44.2. The number of rotatable bonds is 4. The summed E-state index contributed by atoms with van der Waals surface area (Å²) in [7, 11) is -3.03. The third-order valence-corrected chi connectivity index (χ3v) is 4.89. The molecule has 0 saturated heterocycles. The molecule has 33 heavy (non-hydrogen) atoms. The minimum Gasteiger partial charge on any atom is -0.497 e. The van der Waals surface area contributed by atoms with Crippen LogP contribution >= 0.6 is 0 Å². The van der Waals surface area contributed by atoms with Crippen LogP contribution < -0.4 is 24.1 Å². The number of ether oxygens (including phenoxy) is 1. The first-order valence-electron chi connectivity index (χ1n) is 10.1. The molecule has 0 aliphatic carbocycles. The molecule has 0 radical (unpaired) electrons. The predicted octanol–water partition coefficient (Wildman–Crippen LogP) is 2.09. The van der Waals surface area contributed by atoms with Gasteiger partial charge < -0.3 is 9.15 Å². The number of nitrogens with zero attached hydrogens (tertiary/aromatic N) is 1. The number of aryl methyl sites for hydroxylation is 2. The molecule has 7 nitrogen and oxygen atoms in total. The second-order valence-corrected chi connectivity index (χ2v) is 8.01. The van der Waals surface area contributed by atoms with E-state index in [4.69, 9.17) is 32.8 Å². The number of halogens is 1. The zero-order chi connectivity index (χ0) is 24.0. The summed E-state index contributed by atoms with van der Waals surface area (Å²) in [5.41, 5.74) is 5.23. The molecule has 0 amide bonds. The van der Waals surface area contributed by atoms with E-state index in [1.807, 2.05) is 42.5 Å². The van der Waals surface area contributed by atoms with E-state index in [2.05, 4.69) is 44.2 Å². The quantitative estimate of drug-likeness (QED) is 0.488. The van der Waals surface area contributed by atoms with Gasteiger partial charge in [0.2, 0.25) is 0 Å². The molecule has 0 spiro atoms. The molecular formula is C25H24ClNO6. The van der Waals surface area contributed by atoms with Gasteiger partial charge in [-0.1, -0.05) is 36.8 Å². The SMILES string of the molecule is CCc1ccccc1N=c1cc(-c2ccc(OC)cc2)oc2ccc(C)cc12.[O-][Cl+3]([O-])([O-])O. The van der Waals surface area contributed by atoms with Gasteiger partial charge in [-0.25, -0.2) is 4.99 Å².